The van der Waals surface area contributed by atoms with E-state index in [1.54, 1.807) is 6.92 Å². The van der Waals surface area contributed by atoms with Gasteiger partial charge in [0.15, 0.2) is 0 Å². The molecule has 0 aromatic rings. The van der Waals surface area contributed by atoms with E-state index in [0.717, 1.165) is 6.42 Å². The lowest BCUT2D eigenvalue weighted by molar-refractivity contribution is -0.116. The summed E-state index contributed by atoms with van der Waals surface area (Å²) in [6, 6.07) is 0. The summed E-state index contributed by atoms with van der Waals surface area (Å²) < 4.78 is 0. The number of rotatable bonds is 5. The van der Waals surface area contributed by atoms with Gasteiger partial charge in [-0.15, -0.1) is 0 Å². The van der Waals surface area contributed by atoms with Crippen molar-refractivity contribution in [3.63, 3.8) is 0 Å². The third kappa shape index (κ3) is 4.29. The Balaban J connectivity index is 4.01. The Morgan fingerprint density at radius 2 is 2.17 bits per heavy atom. The van der Waals surface area contributed by atoms with Crippen LogP contribution in [0.4, 0.5) is 0 Å². The molecule has 1 N–H and O–H groups in total. The zero-order chi connectivity index (χ0) is 9.61. The quantitative estimate of drug-likeness (QED) is 0.637. The molecule has 0 aliphatic carbocycles. The normalized spacial score (nSPS) is 16.3. The number of hydrogen-bond donors (Lipinski definition) is 1. The Bertz CT molecular complexity index is 169. The molecule has 12 heavy (non-hydrogen) atoms. The predicted molar refractivity (Wildman–Crippen MR) is 52.2 cm³/mol. The second-order valence-corrected chi connectivity index (χ2v) is 3.33. The van der Waals surface area contributed by atoms with E-state index < -0.39 is 0 Å². The Morgan fingerprint density at radius 1 is 1.58 bits per heavy atom. The van der Waals surface area contributed by atoms with Crippen LogP contribution in [0.15, 0.2) is 12.2 Å². The van der Waals surface area contributed by atoms with Gasteiger partial charge in [0.2, 0.25) is 0 Å². The number of likely N-dealkylation sites (N-methyl/N-ethyl adjacent to an activating group) is 1. The molecule has 0 aromatic carbocycles. The van der Waals surface area contributed by atoms with Crippen LogP contribution in [-0.2, 0) is 4.79 Å². The molecule has 0 heterocycles. The monoisotopic (exact) mass is 169 g/mol. The van der Waals surface area contributed by atoms with Crippen molar-refractivity contribution in [2.45, 2.75) is 39.2 Å². The fourth-order valence-corrected chi connectivity index (χ4v) is 0.863. The van der Waals surface area contributed by atoms with Crippen molar-refractivity contribution in [1.82, 2.24) is 5.32 Å². The highest BCUT2D eigenvalue weighted by Crippen LogP contribution is 2.10. The van der Waals surface area contributed by atoms with Crippen LogP contribution in [0.5, 0.6) is 0 Å². The first-order valence-corrected chi connectivity index (χ1v) is 4.40. The lowest BCUT2D eigenvalue weighted by atomic mass is 9.98. The van der Waals surface area contributed by atoms with Crippen molar-refractivity contribution in [2.75, 3.05) is 7.05 Å². The lowest BCUT2D eigenvalue weighted by Crippen LogP contribution is -2.36. The number of nitrogens with one attached hydrogen (secondary N) is 1. The molecular weight excluding hydrogens is 150 g/mol. The summed E-state index contributed by atoms with van der Waals surface area (Å²) in [6.45, 7) is 5.84. The Kier molecular flexibility index (Phi) is 4.83. The molecule has 0 aliphatic rings. The van der Waals surface area contributed by atoms with Gasteiger partial charge in [0.05, 0.1) is 0 Å². The summed E-state index contributed by atoms with van der Waals surface area (Å²) in [7, 11) is 1.93. The number of carbonyl (C=O) groups excluding carboxylic acids is 1. The van der Waals surface area contributed by atoms with Crippen LogP contribution in [0.25, 0.3) is 0 Å². The van der Waals surface area contributed by atoms with Crippen LogP contribution in [0.3, 0.4) is 0 Å². The van der Waals surface area contributed by atoms with Gasteiger partial charge in [-0.05, 0) is 27.3 Å². The fourth-order valence-electron chi connectivity index (χ4n) is 0.863. The van der Waals surface area contributed by atoms with Gasteiger partial charge in [-0.25, -0.2) is 0 Å². The summed E-state index contributed by atoms with van der Waals surface area (Å²) in [5.41, 5.74) is 0.0372. The summed E-state index contributed by atoms with van der Waals surface area (Å²) in [6.07, 6.45) is 5.56. The zero-order valence-corrected chi connectivity index (χ0v) is 8.48. The summed E-state index contributed by atoms with van der Waals surface area (Å²) in [4.78, 5) is 10.6. The summed E-state index contributed by atoms with van der Waals surface area (Å²) in [5.74, 6) is 0.209. The first-order chi connectivity index (χ1) is 5.54. The average molecular weight is 169 g/mol. The van der Waals surface area contributed by atoms with Crippen molar-refractivity contribution >= 4 is 5.78 Å². The largest absolute Gasteiger partial charge is 0.311 e. The van der Waals surface area contributed by atoms with Gasteiger partial charge in [-0.3, -0.25) is 4.79 Å². The minimum atomic E-state index is 0.0372. The Morgan fingerprint density at radius 3 is 2.50 bits per heavy atom. The van der Waals surface area contributed by atoms with Crippen molar-refractivity contribution < 1.29 is 4.79 Å². The molecule has 0 bridgehead atoms. The molecule has 0 spiro atoms. The Labute approximate surface area is 75.0 Å². The maximum absolute atomic E-state index is 10.6. The molecule has 1 atom stereocenters. The maximum atomic E-state index is 10.6. The average Bonchev–Trinajstić information content (AvgIpc) is 2.03. The van der Waals surface area contributed by atoms with Gasteiger partial charge >= 0.3 is 0 Å². The highest BCUT2D eigenvalue weighted by molar-refractivity contribution is 5.76. The van der Waals surface area contributed by atoms with E-state index in [1.165, 1.54) is 0 Å². The minimum absolute atomic E-state index is 0.0372. The third-order valence-electron chi connectivity index (χ3n) is 2.20. The molecule has 0 radical (unpaired) electrons. The van der Waals surface area contributed by atoms with Crippen molar-refractivity contribution in [3.05, 3.63) is 12.2 Å². The molecule has 0 saturated carbocycles. The minimum Gasteiger partial charge on any atom is -0.311 e. The summed E-state index contributed by atoms with van der Waals surface area (Å²) in [5, 5.41) is 3.20. The number of Topliss-reactive ketones (excluding diaryl/α,β-unsaturated/α-hetero) is 1. The molecule has 0 aliphatic heterocycles. The first kappa shape index (κ1) is 11.4. The van der Waals surface area contributed by atoms with E-state index in [9.17, 15) is 4.79 Å². The second kappa shape index (κ2) is 5.09. The van der Waals surface area contributed by atoms with Crippen LogP contribution in [-0.4, -0.2) is 18.4 Å². The number of ketones is 1. The van der Waals surface area contributed by atoms with Crippen molar-refractivity contribution in [2.24, 2.45) is 0 Å². The van der Waals surface area contributed by atoms with Crippen LogP contribution in [0, 0.1) is 0 Å². The molecule has 2 nitrogen and oxygen atoms in total. The van der Waals surface area contributed by atoms with Gasteiger partial charge in [-0.1, -0.05) is 19.1 Å². The van der Waals surface area contributed by atoms with Crippen LogP contribution in [0.2, 0.25) is 0 Å². The number of hydrogen-bond acceptors (Lipinski definition) is 2. The third-order valence-corrected chi connectivity index (χ3v) is 2.20. The van der Waals surface area contributed by atoms with Crippen molar-refractivity contribution in [3.8, 4) is 0 Å². The van der Waals surface area contributed by atoms with E-state index >= 15 is 0 Å². The molecular formula is C10H19NO. The van der Waals surface area contributed by atoms with Gasteiger partial charge in [0.1, 0.15) is 5.78 Å². The fraction of sp³-hybridized carbons (Fsp3) is 0.700. The topological polar surface area (TPSA) is 29.1 Å². The Hall–Kier alpha value is -0.630. The molecule has 0 saturated heterocycles. The van der Waals surface area contributed by atoms with Gasteiger partial charge in [-0.2, -0.15) is 0 Å². The summed E-state index contributed by atoms with van der Waals surface area (Å²) >= 11 is 0. The second-order valence-electron chi connectivity index (χ2n) is 3.33. The van der Waals surface area contributed by atoms with Gasteiger partial charge in [0.25, 0.3) is 0 Å². The molecule has 0 fully saturated rings. The molecule has 2 heteroatoms. The molecule has 0 amide bonds. The van der Waals surface area contributed by atoms with E-state index in [0.29, 0.717) is 6.42 Å². The zero-order valence-electron chi connectivity index (χ0n) is 8.48. The van der Waals surface area contributed by atoms with E-state index in [2.05, 4.69) is 25.2 Å². The van der Waals surface area contributed by atoms with E-state index in [1.807, 2.05) is 13.1 Å². The lowest BCUT2D eigenvalue weighted by Gasteiger charge is -2.23. The van der Waals surface area contributed by atoms with Crippen LogP contribution in [0.1, 0.15) is 33.6 Å². The van der Waals surface area contributed by atoms with Crippen molar-refractivity contribution in [1.29, 1.82) is 0 Å². The highest BCUT2D eigenvalue weighted by Gasteiger charge is 2.13. The van der Waals surface area contributed by atoms with E-state index in [4.69, 9.17) is 0 Å². The van der Waals surface area contributed by atoms with Gasteiger partial charge in [0, 0.05) is 12.0 Å². The number of allylic oxidation sites excluding steroid dienone is 1. The highest BCUT2D eigenvalue weighted by atomic mass is 16.1. The standard InChI is InChI=1S/C10H19NO/c1-5-10(3,11-4)8-6-7-9(2)12/h6,8,11H,5,7H2,1-4H3/b8-6-. The van der Waals surface area contributed by atoms with Crippen LogP contribution < -0.4 is 5.32 Å². The molecule has 70 valence electrons. The molecule has 1 unspecified atom stereocenters. The molecule has 0 aromatic heterocycles. The van der Waals surface area contributed by atoms with Gasteiger partial charge < -0.3 is 5.32 Å². The number of carbonyl (C=O) groups is 1. The SMILES string of the molecule is CCC(C)(/C=C\CC(C)=O)NC. The van der Waals surface area contributed by atoms with Crippen LogP contribution >= 0.6 is 0 Å². The molecule has 0 rings (SSSR count). The predicted octanol–water partition coefficient (Wildman–Crippen LogP) is 1.91. The smallest absolute Gasteiger partial charge is 0.133 e. The maximum Gasteiger partial charge on any atom is 0.133 e. The first-order valence-electron chi connectivity index (χ1n) is 4.40. The van der Waals surface area contributed by atoms with E-state index in [-0.39, 0.29) is 11.3 Å².